The molecule has 0 aliphatic carbocycles. The van der Waals surface area contributed by atoms with Crippen molar-refractivity contribution in [1.82, 2.24) is 15.5 Å². The highest BCUT2D eigenvalue weighted by molar-refractivity contribution is 6.31. The second-order valence-electron chi connectivity index (χ2n) is 6.57. The highest BCUT2D eigenvalue weighted by Crippen LogP contribution is 2.33. The first kappa shape index (κ1) is 19.1. The van der Waals surface area contributed by atoms with Crippen LogP contribution in [0.3, 0.4) is 0 Å². The van der Waals surface area contributed by atoms with Gasteiger partial charge in [0, 0.05) is 24.4 Å². The Morgan fingerprint density at radius 2 is 2.03 bits per heavy atom. The molecule has 29 heavy (non-hydrogen) atoms. The van der Waals surface area contributed by atoms with Crippen LogP contribution in [0.2, 0.25) is 5.02 Å². The van der Waals surface area contributed by atoms with E-state index in [4.69, 9.17) is 16.1 Å². The van der Waals surface area contributed by atoms with Gasteiger partial charge in [0.15, 0.2) is 11.6 Å². The van der Waals surface area contributed by atoms with Gasteiger partial charge in [-0.1, -0.05) is 41.0 Å². The highest BCUT2D eigenvalue weighted by Gasteiger charge is 2.36. The van der Waals surface area contributed by atoms with Gasteiger partial charge in [0.05, 0.1) is 17.3 Å². The maximum Gasteiger partial charge on any atom is 0.251 e. The molecule has 1 aliphatic rings. The third-order valence-electron chi connectivity index (χ3n) is 4.63. The van der Waals surface area contributed by atoms with Crippen molar-refractivity contribution in [3.8, 4) is 0 Å². The lowest BCUT2D eigenvalue weighted by atomic mass is 10.1. The lowest BCUT2D eigenvalue weighted by Crippen LogP contribution is -2.25. The third-order valence-corrected chi connectivity index (χ3v) is 4.92. The number of nitrogens with one attached hydrogen (secondary N) is 1. The zero-order valence-corrected chi connectivity index (χ0v) is 15.9. The number of carbonyl (C=O) groups is 2. The van der Waals surface area contributed by atoms with Gasteiger partial charge in [-0.3, -0.25) is 9.59 Å². The number of nitrogens with zero attached hydrogens (tertiary/aromatic N) is 3. The first-order valence-electron chi connectivity index (χ1n) is 8.93. The van der Waals surface area contributed by atoms with E-state index in [1.165, 1.54) is 17.0 Å². The van der Waals surface area contributed by atoms with Crippen LogP contribution in [0, 0.1) is 5.82 Å². The van der Waals surface area contributed by atoms with E-state index in [0.29, 0.717) is 11.4 Å². The fourth-order valence-corrected chi connectivity index (χ4v) is 3.34. The summed E-state index contributed by atoms with van der Waals surface area (Å²) in [6.45, 7) is 0.277. The Hall–Kier alpha value is -3.26. The summed E-state index contributed by atoms with van der Waals surface area (Å²) >= 11 is 5.81. The number of hydrogen-bond acceptors (Lipinski definition) is 5. The van der Waals surface area contributed by atoms with Crippen LogP contribution in [0.5, 0.6) is 0 Å². The van der Waals surface area contributed by atoms with Crippen LogP contribution in [0.25, 0.3) is 0 Å². The van der Waals surface area contributed by atoms with Crippen molar-refractivity contribution in [1.29, 1.82) is 0 Å². The number of carbonyl (C=O) groups excluding carboxylic acids is 2. The maximum absolute atomic E-state index is 14.3. The van der Waals surface area contributed by atoms with Crippen LogP contribution < -0.4 is 10.2 Å². The molecule has 2 amide bonds. The van der Waals surface area contributed by atoms with Crippen LogP contribution in [0.15, 0.2) is 53.1 Å². The summed E-state index contributed by atoms with van der Waals surface area (Å²) in [5, 5.41) is 6.57. The van der Waals surface area contributed by atoms with Crippen LogP contribution in [0.1, 0.15) is 34.4 Å². The molecule has 2 aromatic carbocycles. The van der Waals surface area contributed by atoms with Crippen LogP contribution >= 0.6 is 11.6 Å². The van der Waals surface area contributed by atoms with Crippen molar-refractivity contribution in [3.05, 3.63) is 76.6 Å². The van der Waals surface area contributed by atoms with Gasteiger partial charge in [-0.15, -0.1) is 0 Å². The maximum atomic E-state index is 14.3. The monoisotopic (exact) mass is 414 g/mol. The van der Waals surface area contributed by atoms with Gasteiger partial charge in [0.1, 0.15) is 0 Å². The van der Waals surface area contributed by atoms with Crippen LogP contribution in [-0.2, 0) is 11.3 Å². The first-order valence-corrected chi connectivity index (χ1v) is 9.31. The molecule has 0 radical (unpaired) electrons. The quantitative estimate of drug-likeness (QED) is 0.692. The number of benzene rings is 2. The van der Waals surface area contributed by atoms with Gasteiger partial charge in [0.2, 0.25) is 11.8 Å². The second-order valence-corrected chi connectivity index (χ2v) is 6.98. The Bertz CT molecular complexity index is 1060. The summed E-state index contributed by atoms with van der Waals surface area (Å²) in [6, 6.07) is 13.3. The summed E-state index contributed by atoms with van der Waals surface area (Å²) in [4.78, 5) is 30.1. The molecule has 1 saturated heterocycles. The first-order chi connectivity index (χ1) is 14.0. The van der Waals surface area contributed by atoms with Crippen LogP contribution in [0.4, 0.5) is 10.1 Å². The van der Waals surface area contributed by atoms with E-state index in [0.717, 1.165) is 0 Å². The zero-order chi connectivity index (χ0) is 20.4. The van der Waals surface area contributed by atoms with Gasteiger partial charge >= 0.3 is 0 Å². The molecule has 1 N–H and O–H groups in total. The van der Waals surface area contributed by atoms with Gasteiger partial charge in [-0.05, 0) is 24.3 Å². The number of anilines is 1. The lowest BCUT2D eigenvalue weighted by molar-refractivity contribution is -0.117. The van der Waals surface area contributed by atoms with E-state index < -0.39 is 5.82 Å². The number of rotatable bonds is 5. The van der Waals surface area contributed by atoms with E-state index in [1.807, 2.05) is 6.07 Å². The Morgan fingerprint density at radius 3 is 2.83 bits per heavy atom. The van der Waals surface area contributed by atoms with E-state index in [-0.39, 0.29) is 53.8 Å². The van der Waals surface area contributed by atoms with E-state index in [2.05, 4.69) is 15.5 Å². The molecule has 0 saturated carbocycles. The summed E-state index contributed by atoms with van der Waals surface area (Å²) in [5.41, 5.74) is 0.650. The molecule has 1 aliphatic heterocycles. The molecular formula is C20H16ClFN4O3. The highest BCUT2D eigenvalue weighted by atomic mass is 35.5. The molecule has 3 aromatic rings. The number of aromatic nitrogens is 2. The third kappa shape index (κ3) is 3.97. The zero-order valence-electron chi connectivity index (χ0n) is 15.1. The molecule has 1 aromatic heterocycles. The molecule has 2 heterocycles. The van der Waals surface area contributed by atoms with Gasteiger partial charge < -0.3 is 14.7 Å². The smallest absolute Gasteiger partial charge is 0.251 e. The van der Waals surface area contributed by atoms with E-state index in [1.54, 1.807) is 30.3 Å². The molecule has 1 atom stereocenters. The number of halogens is 2. The van der Waals surface area contributed by atoms with E-state index in [9.17, 15) is 14.0 Å². The lowest BCUT2D eigenvalue weighted by Gasteiger charge is -2.17. The van der Waals surface area contributed by atoms with Crippen molar-refractivity contribution in [2.75, 3.05) is 11.4 Å². The summed E-state index contributed by atoms with van der Waals surface area (Å²) in [6.07, 6.45) is 0.126. The standard InChI is InChI=1S/C20H16ClFN4O3/c21-14-7-4-8-15(18(14)22)26-11-13(9-17(26)27)19-24-16(29-25-19)10-23-20(28)12-5-2-1-3-6-12/h1-8,13H,9-11H2,(H,23,28). The summed E-state index contributed by atoms with van der Waals surface area (Å²) in [5.74, 6) is -0.927. The van der Waals surface area contributed by atoms with Crippen molar-refractivity contribution < 1.29 is 18.5 Å². The van der Waals surface area contributed by atoms with Gasteiger partial charge in [-0.25, -0.2) is 4.39 Å². The van der Waals surface area contributed by atoms with Gasteiger partial charge in [0.25, 0.3) is 5.91 Å². The molecular weight excluding hydrogens is 399 g/mol. The van der Waals surface area contributed by atoms with Crippen molar-refractivity contribution in [3.63, 3.8) is 0 Å². The SMILES string of the molecule is O=C(NCc1nc(C2CC(=O)N(c3cccc(Cl)c3F)C2)no1)c1ccccc1. The predicted molar refractivity (Wildman–Crippen MR) is 103 cm³/mol. The average molecular weight is 415 g/mol. The Labute approximate surface area is 170 Å². The van der Waals surface area contributed by atoms with E-state index >= 15 is 0 Å². The topological polar surface area (TPSA) is 88.3 Å². The molecule has 1 unspecified atom stereocenters. The Balaban J connectivity index is 1.41. The van der Waals surface area contributed by atoms with Crippen LogP contribution in [-0.4, -0.2) is 28.5 Å². The largest absolute Gasteiger partial charge is 0.343 e. The molecule has 4 rings (SSSR count). The Kier molecular flexibility index (Phi) is 5.26. The molecule has 7 nitrogen and oxygen atoms in total. The molecule has 1 fully saturated rings. The average Bonchev–Trinajstić information content (AvgIpc) is 3.35. The van der Waals surface area contributed by atoms with Crippen molar-refractivity contribution >= 4 is 29.1 Å². The molecule has 0 bridgehead atoms. The molecule has 9 heteroatoms. The minimum atomic E-state index is -0.638. The van der Waals surface area contributed by atoms with Crippen molar-refractivity contribution in [2.24, 2.45) is 0 Å². The summed E-state index contributed by atoms with van der Waals surface area (Å²) in [7, 11) is 0. The summed E-state index contributed by atoms with van der Waals surface area (Å²) < 4.78 is 19.4. The normalized spacial score (nSPS) is 16.3. The Morgan fingerprint density at radius 1 is 1.24 bits per heavy atom. The molecule has 0 spiro atoms. The molecule has 148 valence electrons. The second kappa shape index (κ2) is 8.00. The minimum Gasteiger partial charge on any atom is -0.343 e. The fraction of sp³-hybridized carbons (Fsp3) is 0.200. The number of amides is 2. The van der Waals surface area contributed by atoms with Gasteiger partial charge in [-0.2, -0.15) is 4.98 Å². The predicted octanol–water partition coefficient (Wildman–Crippen LogP) is 3.31. The van der Waals surface area contributed by atoms with Crippen molar-refractivity contribution in [2.45, 2.75) is 18.9 Å². The number of hydrogen-bond donors (Lipinski definition) is 1. The fourth-order valence-electron chi connectivity index (χ4n) is 3.17. The minimum absolute atomic E-state index is 0.0465.